The average Bonchev–Trinajstić information content (AvgIpc) is 2.35. The van der Waals surface area contributed by atoms with Crippen LogP contribution in [0.25, 0.3) is 0 Å². The van der Waals surface area contributed by atoms with Gasteiger partial charge in [-0.1, -0.05) is 45.4 Å². The van der Waals surface area contributed by atoms with Crippen LogP contribution in [0.5, 0.6) is 0 Å². The highest BCUT2D eigenvalue weighted by atomic mass is 32.2. The Kier molecular flexibility index (Phi) is 6.24. The molecule has 0 fully saturated rings. The van der Waals surface area contributed by atoms with Crippen LogP contribution in [-0.4, -0.2) is 27.9 Å². The van der Waals surface area contributed by atoms with Gasteiger partial charge in [0.15, 0.2) is 8.32 Å². The minimum absolute atomic E-state index is 0.00271. The van der Waals surface area contributed by atoms with Crippen LogP contribution in [0.1, 0.15) is 51.2 Å². The first kappa shape index (κ1) is 20.4. The van der Waals surface area contributed by atoms with Gasteiger partial charge in [0.25, 0.3) is 10.1 Å². The zero-order valence-corrected chi connectivity index (χ0v) is 17.1. The van der Waals surface area contributed by atoms with Crippen LogP contribution in [0.2, 0.25) is 18.1 Å². The van der Waals surface area contributed by atoms with Crippen LogP contribution >= 0.6 is 0 Å². The predicted octanol–water partition coefficient (Wildman–Crippen LogP) is 4.76. The normalized spacial score (nSPS) is 14.8. The summed E-state index contributed by atoms with van der Waals surface area (Å²) in [5, 5.41) is 0.152. The third-order valence-electron chi connectivity index (χ3n) is 4.79. The van der Waals surface area contributed by atoms with Gasteiger partial charge in [-0.3, -0.25) is 4.55 Å². The van der Waals surface area contributed by atoms with E-state index in [0.717, 1.165) is 12.0 Å². The molecule has 0 unspecified atom stereocenters. The molecule has 0 heterocycles. The largest absolute Gasteiger partial charge is 0.417 e. The minimum atomic E-state index is -4.20. The van der Waals surface area contributed by atoms with E-state index in [4.69, 9.17) is 4.43 Å². The van der Waals surface area contributed by atoms with Crippen LogP contribution in [0, 0.1) is 6.92 Å². The minimum Gasteiger partial charge on any atom is -0.417 e. The first-order valence-corrected chi connectivity index (χ1v) is 12.3. The molecular weight excluding hydrogens is 328 g/mol. The van der Waals surface area contributed by atoms with Crippen molar-refractivity contribution < 1.29 is 17.4 Å². The topological polar surface area (TPSA) is 63.6 Å². The summed E-state index contributed by atoms with van der Waals surface area (Å²) >= 11 is 0. The number of hydrogen-bond donors (Lipinski definition) is 1. The molecule has 0 aliphatic carbocycles. The molecular formula is C17H30O4SSi. The van der Waals surface area contributed by atoms with E-state index in [-0.39, 0.29) is 15.9 Å². The third-order valence-corrected chi connectivity index (χ3v) is 10.3. The Morgan fingerprint density at radius 3 is 2.30 bits per heavy atom. The molecule has 4 nitrogen and oxygen atoms in total. The molecule has 1 rings (SSSR count). The van der Waals surface area contributed by atoms with Crippen LogP contribution < -0.4 is 0 Å². The summed E-state index contributed by atoms with van der Waals surface area (Å²) in [4.78, 5) is 0.00271. The summed E-state index contributed by atoms with van der Waals surface area (Å²) in [5.41, 5.74) is 1.64. The van der Waals surface area contributed by atoms with E-state index in [1.807, 2.05) is 19.9 Å². The monoisotopic (exact) mass is 358 g/mol. The van der Waals surface area contributed by atoms with E-state index in [2.05, 4.69) is 33.9 Å². The maximum absolute atomic E-state index is 11.6. The van der Waals surface area contributed by atoms with E-state index in [0.29, 0.717) is 12.2 Å². The summed E-state index contributed by atoms with van der Waals surface area (Å²) in [7, 11) is -6.01. The van der Waals surface area contributed by atoms with E-state index in [1.54, 1.807) is 6.07 Å². The second-order valence-electron chi connectivity index (χ2n) is 7.81. The standard InChI is InChI=1S/C17H30O4SSi/c1-13-8-9-16(22(18,19)20)15(12-13)14(2)10-11-21-23(6,7)17(3,4)5/h8-9,12,14H,10-11H2,1-7H3,(H,18,19,20)/t14-/m1/s1. The molecule has 1 N–H and O–H groups in total. The van der Waals surface area contributed by atoms with Gasteiger partial charge in [0, 0.05) is 6.61 Å². The molecule has 0 saturated carbocycles. The summed E-state index contributed by atoms with van der Waals surface area (Å²) < 4.78 is 38.7. The van der Waals surface area contributed by atoms with Crippen LogP contribution in [0.3, 0.4) is 0 Å². The lowest BCUT2D eigenvalue weighted by atomic mass is 9.96. The van der Waals surface area contributed by atoms with Gasteiger partial charge in [-0.2, -0.15) is 8.42 Å². The lowest BCUT2D eigenvalue weighted by Crippen LogP contribution is -2.41. The van der Waals surface area contributed by atoms with Gasteiger partial charge >= 0.3 is 0 Å². The van der Waals surface area contributed by atoms with Gasteiger partial charge in [-0.25, -0.2) is 0 Å². The van der Waals surface area contributed by atoms with Gasteiger partial charge in [0.1, 0.15) is 0 Å². The van der Waals surface area contributed by atoms with Crippen molar-refractivity contribution in [3.05, 3.63) is 29.3 Å². The highest BCUT2D eigenvalue weighted by Gasteiger charge is 2.37. The lowest BCUT2D eigenvalue weighted by Gasteiger charge is -2.36. The maximum atomic E-state index is 11.6. The number of hydrogen-bond acceptors (Lipinski definition) is 3. The molecule has 1 atom stereocenters. The van der Waals surface area contributed by atoms with Crippen LogP contribution in [0.4, 0.5) is 0 Å². The van der Waals surface area contributed by atoms with Crippen molar-refractivity contribution in [2.24, 2.45) is 0 Å². The fourth-order valence-corrected chi connectivity index (χ4v) is 4.01. The Balaban J connectivity index is 2.88. The predicted molar refractivity (Wildman–Crippen MR) is 97.2 cm³/mol. The third kappa shape index (κ3) is 5.41. The van der Waals surface area contributed by atoms with Gasteiger partial charge < -0.3 is 4.43 Å². The molecule has 0 radical (unpaired) electrons. The number of rotatable bonds is 6. The van der Waals surface area contributed by atoms with Crippen molar-refractivity contribution in [2.45, 2.75) is 70.0 Å². The second-order valence-corrected chi connectivity index (χ2v) is 14.0. The highest BCUT2D eigenvalue weighted by Crippen LogP contribution is 2.37. The summed E-state index contributed by atoms with van der Waals surface area (Å²) in [5.74, 6) is -0.00315. The molecule has 0 aromatic heterocycles. The zero-order chi connectivity index (χ0) is 18.1. The molecule has 0 aliphatic heterocycles. The Bertz CT molecular complexity index is 645. The smallest absolute Gasteiger partial charge is 0.294 e. The first-order valence-electron chi connectivity index (χ1n) is 7.98. The molecule has 1 aromatic rings. The summed E-state index contributed by atoms with van der Waals surface area (Å²) in [6.07, 6.45) is 0.721. The van der Waals surface area contributed by atoms with E-state index in [1.165, 1.54) is 6.07 Å². The Labute approximate surface area is 142 Å². The maximum Gasteiger partial charge on any atom is 0.294 e. The fraction of sp³-hybridized carbons (Fsp3) is 0.647. The van der Waals surface area contributed by atoms with Crippen molar-refractivity contribution in [1.82, 2.24) is 0 Å². The van der Waals surface area contributed by atoms with Gasteiger partial charge in [-0.05, 0) is 49.0 Å². The van der Waals surface area contributed by atoms with Gasteiger partial charge in [-0.15, -0.1) is 0 Å². The molecule has 0 bridgehead atoms. The SMILES string of the molecule is Cc1ccc(S(=O)(=O)O)c([C@H](C)CCO[Si](C)(C)C(C)(C)C)c1. The molecule has 1 aromatic carbocycles. The molecule has 23 heavy (non-hydrogen) atoms. The molecule has 6 heteroatoms. The highest BCUT2D eigenvalue weighted by molar-refractivity contribution is 7.85. The van der Waals surface area contributed by atoms with E-state index >= 15 is 0 Å². The molecule has 0 amide bonds. The van der Waals surface area contributed by atoms with E-state index < -0.39 is 18.4 Å². The van der Waals surface area contributed by atoms with Crippen LogP contribution in [0.15, 0.2) is 23.1 Å². The first-order chi connectivity index (χ1) is 10.3. The van der Waals surface area contributed by atoms with Crippen molar-refractivity contribution in [3.8, 4) is 0 Å². The second kappa shape index (κ2) is 7.05. The summed E-state index contributed by atoms with van der Waals surface area (Å²) in [6, 6.07) is 5.01. The van der Waals surface area contributed by atoms with Crippen LogP contribution in [-0.2, 0) is 14.5 Å². The van der Waals surface area contributed by atoms with Crippen molar-refractivity contribution >= 4 is 18.4 Å². The average molecular weight is 359 g/mol. The van der Waals surface area contributed by atoms with Gasteiger partial charge in [0.2, 0.25) is 0 Å². The Hall–Kier alpha value is -0.693. The molecule has 132 valence electrons. The molecule has 0 spiro atoms. The fourth-order valence-electron chi connectivity index (χ4n) is 2.15. The van der Waals surface area contributed by atoms with Crippen molar-refractivity contribution in [3.63, 3.8) is 0 Å². The molecule has 0 aliphatic rings. The van der Waals surface area contributed by atoms with Crippen molar-refractivity contribution in [1.29, 1.82) is 0 Å². The number of aryl methyl sites for hydroxylation is 1. The molecule has 0 saturated heterocycles. The van der Waals surface area contributed by atoms with Crippen molar-refractivity contribution in [2.75, 3.05) is 6.61 Å². The zero-order valence-electron chi connectivity index (χ0n) is 15.3. The lowest BCUT2D eigenvalue weighted by molar-refractivity contribution is 0.273. The van der Waals surface area contributed by atoms with E-state index in [9.17, 15) is 13.0 Å². The Morgan fingerprint density at radius 2 is 1.83 bits per heavy atom. The Morgan fingerprint density at radius 1 is 1.26 bits per heavy atom. The summed E-state index contributed by atoms with van der Waals surface area (Å²) in [6.45, 7) is 15.5. The number of benzene rings is 1. The van der Waals surface area contributed by atoms with Gasteiger partial charge in [0.05, 0.1) is 4.90 Å². The quantitative estimate of drug-likeness (QED) is 0.588.